The first-order chi connectivity index (χ1) is 7.41. The van der Waals surface area contributed by atoms with Crippen molar-refractivity contribution in [2.75, 3.05) is 0 Å². The average Bonchev–Trinajstić information content (AvgIpc) is 2.20. The van der Waals surface area contributed by atoms with E-state index in [1.165, 1.54) is 24.3 Å². The van der Waals surface area contributed by atoms with Crippen LogP contribution >= 0.6 is 0 Å². The summed E-state index contributed by atoms with van der Waals surface area (Å²) in [5.41, 5.74) is 0. The maximum absolute atomic E-state index is 9.55. The van der Waals surface area contributed by atoms with Gasteiger partial charge in [0.25, 0.3) is 0 Å². The van der Waals surface area contributed by atoms with Crippen LogP contribution < -0.4 is 0 Å². The molecule has 0 aliphatic heterocycles. The molecule has 0 heterocycles. The molecule has 86 valence electrons. The number of aromatic hydroxyl groups is 2. The van der Waals surface area contributed by atoms with Gasteiger partial charge < -0.3 is 20.4 Å². The van der Waals surface area contributed by atoms with E-state index in [1.54, 1.807) is 0 Å². The summed E-state index contributed by atoms with van der Waals surface area (Å²) in [7, 11) is 0. The number of benzene rings is 1. The molecule has 0 aromatic heterocycles. The molecule has 0 radical (unpaired) electrons. The Bertz CT molecular complexity index is 342. The Morgan fingerprint density at radius 3 is 1.25 bits per heavy atom. The fraction of sp³-hybridized carbons (Fsp3) is 0. The molecule has 0 unspecified atom stereocenters. The summed E-state index contributed by atoms with van der Waals surface area (Å²) < 4.78 is 0. The van der Waals surface area contributed by atoms with Gasteiger partial charge in [-0.1, -0.05) is 0 Å². The van der Waals surface area contributed by atoms with Crippen molar-refractivity contribution >= 4 is 11.9 Å². The highest BCUT2D eigenvalue weighted by atomic mass is 16.4. The van der Waals surface area contributed by atoms with Gasteiger partial charge in [-0.3, -0.25) is 0 Å². The molecule has 16 heavy (non-hydrogen) atoms. The molecule has 0 saturated heterocycles. The van der Waals surface area contributed by atoms with Gasteiger partial charge in [0.05, 0.1) is 0 Å². The largest absolute Gasteiger partial charge is 0.508 e. The van der Waals surface area contributed by atoms with E-state index < -0.39 is 11.9 Å². The van der Waals surface area contributed by atoms with Crippen LogP contribution in [-0.4, -0.2) is 32.4 Å². The number of hydrogen-bond donors (Lipinski definition) is 4. The minimum absolute atomic E-state index is 0.169. The Hall–Kier alpha value is -2.50. The van der Waals surface area contributed by atoms with Crippen LogP contribution in [0.25, 0.3) is 0 Å². The Morgan fingerprint density at radius 2 is 1.06 bits per heavy atom. The number of phenols is 2. The number of carbonyl (C=O) groups is 2. The van der Waals surface area contributed by atoms with Crippen molar-refractivity contribution in [3.05, 3.63) is 36.4 Å². The van der Waals surface area contributed by atoms with E-state index in [4.69, 9.17) is 20.4 Å². The SMILES string of the molecule is O=C(O)/C=C/C(=O)O.Oc1ccc(O)cc1. The Morgan fingerprint density at radius 1 is 0.812 bits per heavy atom. The molecule has 0 aliphatic rings. The minimum Gasteiger partial charge on any atom is -0.508 e. The lowest BCUT2D eigenvalue weighted by Gasteiger charge is -1.88. The lowest BCUT2D eigenvalue weighted by molar-refractivity contribution is -0.134. The molecule has 6 heteroatoms. The average molecular weight is 226 g/mol. The van der Waals surface area contributed by atoms with E-state index >= 15 is 0 Å². The monoisotopic (exact) mass is 226 g/mol. The summed E-state index contributed by atoms with van der Waals surface area (Å²) in [5, 5.41) is 32.9. The Kier molecular flexibility index (Phi) is 5.81. The second-order valence-corrected chi connectivity index (χ2v) is 2.53. The van der Waals surface area contributed by atoms with E-state index in [-0.39, 0.29) is 11.5 Å². The number of carboxylic acid groups (broad SMARTS) is 2. The lowest BCUT2D eigenvalue weighted by atomic mass is 10.3. The summed E-state index contributed by atoms with van der Waals surface area (Å²) in [5.74, 6) is -2.18. The number of rotatable bonds is 2. The Balaban J connectivity index is 0.000000281. The van der Waals surface area contributed by atoms with Gasteiger partial charge in [-0.15, -0.1) is 0 Å². The summed E-state index contributed by atoms with van der Waals surface area (Å²) in [4.78, 5) is 19.1. The Labute approximate surface area is 90.7 Å². The van der Waals surface area contributed by atoms with Crippen LogP contribution in [0, 0.1) is 0 Å². The molecule has 0 amide bonds. The quantitative estimate of drug-likeness (QED) is 0.438. The highest BCUT2D eigenvalue weighted by Gasteiger charge is 1.88. The van der Waals surface area contributed by atoms with E-state index in [1.807, 2.05) is 0 Å². The van der Waals surface area contributed by atoms with Crippen LogP contribution in [0.4, 0.5) is 0 Å². The molecule has 1 aromatic carbocycles. The fourth-order valence-electron chi connectivity index (χ4n) is 0.595. The lowest BCUT2D eigenvalue weighted by Crippen LogP contribution is -1.91. The van der Waals surface area contributed by atoms with Gasteiger partial charge in [0.1, 0.15) is 11.5 Å². The standard InChI is InChI=1S/C6H6O2.C4H4O4/c7-5-1-2-6(8)4-3-5;5-3(6)1-2-4(7)8/h1-4,7-8H;1-2H,(H,5,6)(H,7,8)/b;2-1+. The first-order valence-corrected chi connectivity index (χ1v) is 4.03. The molecule has 0 bridgehead atoms. The maximum Gasteiger partial charge on any atom is 0.328 e. The van der Waals surface area contributed by atoms with Gasteiger partial charge in [0.15, 0.2) is 0 Å². The van der Waals surface area contributed by atoms with Crippen molar-refractivity contribution in [2.45, 2.75) is 0 Å². The smallest absolute Gasteiger partial charge is 0.328 e. The van der Waals surface area contributed by atoms with Crippen LogP contribution in [-0.2, 0) is 9.59 Å². The number of carboxylic acids is 2. The van der Waals surface area contributed by atoms with Gasteiger partial charge in [-0.2, -0.15) is 0 Å². The zero-order chi connectivity index (χ0) is 12.6. The number of phenolic OH excluding ortho intramolecular Hbond substituents is 2. The van der Waals surface area contributed by atoms with Crippen molar-refractivity contribution in [1.29, 1.82) is 0 Å². The molecule has 0 aliphatic carbocycles. The number of aliphatic carboxylic acids is 2. The van der Waals surface area contributed by atoms with E-state index in [0.29, 0.717) is 12.2 Å². The van der Waals surface area contributed by atoms with Gasteiger partial charge >= 0.3 is 11.9 Å². The van der Waals surface area contributed by atoms with Crippen molar-refractivity contribution in [3.8, 4) is 11.5 Å². The van der Waals surface area contributed by atoms with E-state index in [0.717, 1.165) is 0 Å². The summed E-state index contributed by atoms with van der Waals surface area (Å²) in [6.07, 6.45) is 1.12. The maximum atomic E-state index is 9.55. The van der Waals surface area contributed by atoms with Gasteiger partial charge in [0.2, 0.25) is 0 Å². The van der Waals surface area contributed by atoms with Crippen molar-refractivity contribution in [3.63, 3.8) is 0 Å². The van der Waals surface area contributed by atoms with Crippen molar-refractivity contribution in [2.24, 2.45) is 0 Å². The molecule has 1 rings (SSSR count). The molecule has 0 fully saturated rings. The van der Waals surface area contributed by atoms with Crippen LogP contribution in [0.5, 0.6) is 11.5 Å². The second-order valence-electron chi connectivity index (χ2n) is 2.53. The first kappa shape index (κ1) is 13.5. The highest BCUT2D eigenvalue weighted by Crippen LogP contribution is 2.13. The molecular weight excluding hydrogens is 216 g/mol. The van der Waals surface area contributed by atoms with Gasteiger partial charge in [-0.05, 0) is 24.3 Å². The van der Waals surface area contributed by atoms with E-state index in [2.05, 4.69) is 0 Å². The second kappa shape index (κ2) is 6.88. The topological polar surface area (TPSA) is 115 Å². The third-order valence-electron chi connectivity index (χ3n) is 1.22. The minimum atomic E-state index is -1.26. The summed E-state index contributed by atoms with van der Waals surface area (Å²) in [6, 6.07) is 5.70. The van der Waals surface area contributed by atoms with Crippen molar-refractivity contribution in [1.82, 2.24) is 0 Å². The van der Waals surface area contributed by atoms with Crippen LogP contribution in [0.15, 0.2) is 36.4 Å². The molecule has 1 aromatic rings. The third-order valence-corrected chi connectivity index (χ3v) is 1.22. The van der Waals surface area contributed by atoms with Gasteiger partial charge in [0, 0.05) is 12.2 Å². The molecular formula is C10H10O6. The highest BCUT2D eigenvalue weighted by molar-refractivity contribution is 5.89. The predicted molar refractivity (Wildman–Crippen MR) is 54.2 cm³/mol. The summed E-state index contributed by atoms with van der Waals surface area (Å²) in [6.45, 7) is 0. The zero-order valence-electron chi connectivity index (χ0n) is 8.07. The normalized spacial score (nSPS) is 9.25. The molecule has 6 nitrogen and oxygen atoms in total. The molecule has 4 N–H and O–H groups in total. The third kappa shape index (κ3) is 8.11. The fourth-order valence-corrected chi connectivity index (χ4v) is 0.595. The number of hydrogen-bond acceptors (Lipinski definition) is 4. The van der Waals surface area contributed by atoms with Gasteiger partial charge in [-0.25, -0.2) is 9.59 Å². The first-order valence-electron chi connectivity index (χ1n) is 4.03. The molecule has 0 atom stereocenters. The van der Waals surface area contributed by atoms with Crippen LogP contribution in [0.1, 0.15) is 0 Å². The predicted octanol–water partition coefficient (Wildman–Crippen LogP) is 0.810. The summed E-state index contributed by atoms with van der Waals surface area (Å²) >= 11 is 0. The van der Waals surface area contributed by atoms with E-state index in [9.17, 15) is 9.59 Å². The van der Waals surface area contributed by atoms with Crippen molar-refractivity contribution < 1.29 is 30.0 Å². The zero-order valence-corrected chi connectivity index (χ0v) is 8.07. The molecule has 0 saturated carbocycles. The van der Waals surface area contributed by atoms with Crippen LogP contribution in [0.2, 0.25) is 0 Å². The van der Waals surface area contributed by atoms with Crippen LogP contribution in [0.3, 0.4) is 0 Å². The molecule has 0 spiro atoms.